The number of nitrogens with zero attached hydrogens (tertiary/aromatic N) is 4. The fraction of sp³-hybridized carbons (Fsp3) is 0.318. The summed E-state index contributed by atoms with van der Waals surface area (Å²) in [6, 6.07) is 13.0. The topological polar surface area (TPSA) is 120 Å². The van der Waals surface area contributed by atoms with Crippen molar-refractivity contribution in [3.05, 3.63) is 69.0 Å². The van der Waals surface area contributed by atoms with Gasteiger partial charge in [0.1, 0.15) is 6.54 Å². The summed E-state index contributed by atoms with van der Waals surface area (Å²) in [5, 5.41) is 19.4. The van der Waals surface area contributed by atoms with E-state index in [2.05, 4.69) is 15.3 Å². The first-order chi connectivity index (χ1) is 15.5. The zero-order valence-corrected chi connectivity index (χ0v) is 17.4. The number of carbonyl (C=O) groups is 1. The van der Waals surface area contributed by atoms with E-state index in [0.717, 1.165) is 17.8 Å². The number of hydrogen-bond acceptors (Lipinski definition) is 7. The molecular weight excluding hydrogens is 414 g/mol. The molecule has 0 bridgehead atoms. The molecule has 1 fully saturated rings. The highest BCUT2D eigenvalue weighted by Crippen LogP contribution is 2.27. The summed E-state index contributed by atoms with van der Waals surface area (Å²) in [5.74, 6) is -0.326. The van der Waals surface area contributed by atoms with Crippen molar-refractivity contribution in [2.45, 2.75) is 6.54 Å². The molecule has 0 spiro atoms. The maximum Gasteiger partial charge on any atom is 0.275 e. The molecule has 10 nitrogen and oxygen atoms in total. The molecule has 0 unspecified atom stereocenters. The van der Waals surface area contributed by atoms with E-state index in [4.69, 9.17) is 4.74 Å². The van der Waals surface area contributed by atoms with Crippen molar-refractivity contribution in [3.8, 4) is 11.3 Å². The first-order valence-corrected chi connectivity index (χ1v) is 10.3. The van der Waals surface area contributed by atoms with Gasteiger partial charge in [-0.1, -0.05) is 30.3 Å². The molecule has 0 radical (unpaired) electrons. The molecule has 166 valence electrons. The lowest BCUT2D eigenvalue weighted by Gasteiger charge is -2.26. The predicted molar refractivity (Wildman–Crippen MR) is 118 cm³/mol. The zero-order chi connectivity index (χ0) is 22.5. The van der Waals surface area contributed by atoms with Crippen molar-refractivity contribution in [3.63, 3.8) is 0 Å². The number of nitro benzene ring substituents is 1. The first kappa shape index (κ1) is 21.6. The second-order valence-corrected chi connectivity index (χ2v) is 7.47. The van der Waals surface area contributed by atoms with Crippen LogP contribution < -0.4 is 10.9 Å². The highest BCUT2D eigenvalue weighted by atomic mass is 16.6. The summed E-state index contributed by atoms with van der Waals surface area (Å²) >= 11 is 0. The monoisotopic (exact) mass is 437 g/mol. The van der Waals surface area contributed by atoms with Gasteiger partial charge in [-0.3, -0.25) is 24.6 Å². The van der Waals surface area contributed by atoms with Crippen LogP contribution in [0.1, 0.15) is 0 Å². The van der Waals surface area contributed by atoms with Gasteiger partial charge in [0.25, 0.3) is 11.2 Å². The largest absolute Gasteiger partial charge is 0.379 e. The van der Waals surface area contributed by atoms with Gasteiger partial charge in [0.05, 0.1) is 29.2 Å². The molecule has 3 aromatic rings. The molecule has 10 heteroatoms. The minimum atomic E-state index is -0.483. The molecule has 4 rings (SSSR count). The molecule has 0 atom stereocenters. The number of fused-ring (bicyclic) bond motifs is 1. The summed E-state index contributed by atoms with van der Waals surface area (Å²) in [6.07, 6.45) is 0. The molecule has 2 aromatic carbocycles. The standard InChI is InChI=1S/C22H23N5O5/c28-20(23-8-9-25-10-12-32-13-11-25)15-26-22(29)19-7-2-1-6-18(19)21(24-26)16-4-3-5-17(14-16)27(30)31/h1-7,14H,8-13,15H2,(H,23,28). The molecule has 1 saturated heterocycles. The number of nitrogens with one attached hydrogen (secondary N) is 1. The third kappa shape index (κ3) is 4.82. The second kappa shape index (κ2) is 9.67. The van der Waals surface area contributed by atoms with Crippen molar-refractivity contribution in [1.82, 2.24) is 20.0 Å². The van der Waals surface area contributed by atoms with Crippen LogP contribution in [0.2, 0.25) is 0 Å². The first-order valence-electron chi connectivity index (χ1n) is 10.3. The molecule has 1 amide bonds. The molecule has 2 heterocycles. The average Bonchev–Trinajstić information content (AvgIpc) is 2.81. The van der Waals surface area contributed by atoms with Gasteiger partial charge in [0, 0.05) is 49.3 Å². The molecule has 1 N–H and O–H groups in total. The van der Waals surface area contributed by atoms with Crippen LogP contribution in [-0.2, 0) is 16.1 Å². The van der Waals surface area contributed by atoms with Gasteiger partial charge in [-0.25, -0.2) is 4.68 Å². The minimum Gasteiger partial charge on any atom is -0.379 e. The number of hydrogen-bond donors (Lipinski definition) is 1. The van der Waals surface area contributed by atoms with Gasteiger partial charge in [-0.2, -0.15) is 5.10 Å². The maximum atomic E-state index is 12.9. The number of benzene rings is 2. The Kier molecular flexibility index (Phi) is 6.52. The lowest BCUT2D eigenvalue weighted by molar-refractivity contribution is -0.384. The van der Waals surface area contributed by atoms with Crippen LogP contribution in [0.25, 0.3) is 22.0 Å². The molecule has 1 aliphatic heterocycles. The average molecular weight is 437 g/mol. The number of carbonyl (C=O) groups excluding carboxylic acids is 1. The number of ether oxygens (including phenoxy) is 1. The lowest BCUT2D eigenvalue weighted by atomic mass is 10.0. The summed E-state index contributed by atoms with van der Waals surface area (Å²) in [6.45, 7) is 3.94. The van der Waals surface area contributed by atoms with E-state index in [1.54, 1.807) is 36.4 Å². The summed E-state index contributed by atoms with van der Waals surface area (Å²) in [7, 11) is 0. The van der Waals surface area contributed by atoms with Crippen molar-refractivity contribution in [1.29, 1.82) is 0 Å². The van der Waals surface area contributed by atoms with Gasteiger partial charge in [0.2, 0.25) is 5.91 Å². The normalized spacial score (nSPS) is 14.4. The quantitative estimate of drug-likeness (QED) is 0.438. The van der Waals surface area contributed by atoms with E-state index >= 15 is 0 Å². The maximum absolute atomic E-state index is 12.9. The van der Waals surface area contributed by atoms with Crippen LogP contribution >= 0.6 is 0 Å². The fourth-order valence-corrected chi connectivity index (χ4v) is 3.69. The highest BCUT2D eigenvalue weighted by Gasteiger charge is 2.16. The Labute approximate surface area is 183 Å². The smallest absolute Gasteiger partial charge is 0.275 e. The van der Waals surface area contributed by atoms with Crippen molar-refractivity contribution in [2.24, 2.45) is 0 Å². The van der Waals surface area contributed by atoms with Gasteiger partial charge in [-0.05, 0) is 6.07 Å². The Morgan fingerprint density at radius 1 is 1.12 bits per heavy atom. The van der Waals surface area contributed by atoms with Gasteiger partial charge < -0.3 is 10.1 Å². The van der Waals surface area contributed by atoms with Gasteiger partial charge in [-0.15, -0.1) is 0 Å². The Morgan fingerprint density at radius 2 is 1.88 bits per heavy atom. The number of aromatic nitrogens is 2. The van der Waals surface area contributed by atoms with Crippen LogP contribution in [-0.4, -0.2) is 64.9 Å². The Balaban J connectivity index is 1.58. The summed E-state index contributed by atoms with van der Waals surface area (Å²) in [4.78, 5) is 38.3. The van der Waals surface area contributed by atoms with E-state index in [0.29, 0.717) is 48.3 Å². The fourth-order valence-electron chi connectivity index (χ4n) is 3.69. The lowest BCUT2D eigenvalue weighted by Crippen LogP contribution is -2.42. The third-order valence-electron chi connectivity index (χ3n) is 5.35. The predicted octanol–water partition coefficient (Wildman–Crippen LogP) is 1.42. The van der Waals surface area contributed by atoms with Gasteiger partial charge in [0.15, 0.2) is 0 Å². The van der Waals surface area contributed by atoms with Crippen LogP contribution in [0.5, 0.6) is 0 Å². The second-order valence-electron chi connectivity index (χ2n) is 7.47. The minimum absolute atomic E-state index is 0.0769. The Bertz CT molecular complexity index is 1200. The van der Waals surface area contributed by atoms with Crippen molar-refractivity contribution >= 4 is 22.4 Å². The third-order valence-corrected chi connectivity index (χ3v) is 5.35. The van der Waals surface area contributed by atoms with E-state index in [9.17, 15) is 19.7 Å². The van der Waals surface area contributed by atoms with Crippen LogP contribution in [0, 0.1) is 10.1 Å². The molecule has 1 aliphatic rings. The molecular formula is C22H23N5O5. The molecule has 0 saturated carbocycles. The van der Waals surface area contributed by atoms with Crippen LogP contribution in [0.15, 0.2) is 53.3 Å². The number of rotatable bonds is 7. The highest BCUT2D eigenvalue weighted by molar-refractivity contribution is 5.94. The number of nitro groups is 1. The Morgan fingerprint density at radius 3 is 2.62 bits per heavy atom. The van der Waals surface area contributed by atoms with Crippen LogP contribution in [0.4, 0.5) is 5.69 Å². The number of morpholine rings is 1. The summed E-state index contributed by atoms with van der Waals surface area (Å²) < 4.78 is 6.42. The van der Waals surface area contributed by atoms with Crippen molar-refractivity contribution in [2.75, 3.05) is 39.4 Å². The Hall–Kier alpha value is -3.63. The molecule has 0 aliphatic carbocycles. The van der Waals surface area contributed by atoms with Gasteiger partial charge >= 0.3 is 0 Å². The van der Waals surface area contributed by atoms with E-state index in [-0.39, 0.29) is 18.1 Å². The van der Waals surface area contributed by atoms with E-state index in [1.807, 2.05) is 0 Å². The number of amides is 1. The SMILES string of the molecule is O=C(Cn1nc(-c2cccc([N+](=O)[O-])c2)c2ccccc2c1=O)NCCN1CCOCC1. The molecule has 1 aromatic heterocycles. The van der Waals surface area contributed by atoms with E-state index < -0.39 is 10.5 Å². The number of non-ortho nitro benzene ring substituents is 1. The zero-order valence-electron chi connectivity index (χ0n) is 17.4. The summed E-state index contributed by atoms with van der Waals surface area (Å²) in [5.41, 5.74) is 0.437. The van der Waals surface area contributed by atoms with Crippen molar-refractivity contribution < 1.29 is 14.5 Å². The molecule has 32 heavy (non-hydrogen) atoms. The van der Waals surface area contributed by atoms with E-state index in [1.165, 1.54) is 12.1 Å². The van der Waals surface area contributed by atoms with Crippen LogP contribution in [0.3, 0.4) is 0 Å².